The van der Waals surface area contributed by atoms with E-state index in [2.05, 4.69) is 19.2 Å². The highest BCUT2D eigenvalue weighted by Crippen LogP contribution is 2.06. The van der Waals surface area contributed by atoms with Crippen LogP contribution in [0.15, 0.2) is 0 Å². The number of rotatable bonds is 7. The molecule has 0 heterocycles. The molecule has 0 rings (SSSR count). The highest BCUT2D eigenvalue weighted by molar-refractivity contribution is 7.92. The lowest BCUT2D eigenvalue weighted by Crippen LogP contribution is -2.35. The van der Waals surface area contributed by atoms with Gasteiger partial charge in [-0.1, -0.05) is 27.7 Å². The van der Waals surface area contributed by atoms with Crippen molar-refractivity contribution in [2.45, 2.75) is 39.9 Å². The minimum Gasteiger partial charge on any atom is -0.315 e. The molecule has 0 aromatic heterocycles. The zero-order chi connectivity index (χ0) is 12.1. The summed E-state index contributed by atoms with van der Waals surface area (Å²) in [7, 11) is -2.92. The van der Waals surface area contributed by atoms with Crippen molar-refractivity contribution in [2.75, 3.05) is 18.8 Å². The molecule has 0 amide bonds. The van der Waals surface area contributed by atoms with Crippen molar-refractivity contribution >= 4 is 9.84 Å². The SMILES string of the molecule is CC(C)CNCC(C)S(=O)(=O)CC(C)C. The zero-order valence-corrected chi connectivity index (χ0v) is 11.4. The molecule has 0 saturated heterocycles. The summed E-state index contributed by atoms with van der Waals surface area (Å²) in [6.07, 6.45) is 0. The Hall–Kier alpha value is -0.0900. The maximum absolute atomic E-state index is 11.8. The average Bonchev–Trinajstić information content (AvgIpc) is 2.00. The molecule has 0 aliphatic rings. The first-order valence-electron chi connectivity index (χ1n) is 5.68. The van der Waals surface area contributed by atoms with Crippen molar-refractivity contribution < 1.29 is 8.42 Å². The van der Waals surface area contributed by atoms with Crippen molar-refractivity contribution in [2.24, 2.45) is 11.8 Å². The Morgan fingerprint density at radius 2 is 1.47 bits per heavy atom. The molecular weight excluding hydrogens is 210 g/mol. The number of hydrogen-bond donors (Lipinski definition) is 1. The summed E-state index contributed by atoms with van der Waals surface area (Å²) >= 11 is 0. The summed E-state index contributed by atoms with van der Waals surface area (Å²) in [5.41, 5.74) is 0. The molecule has 0 aliphatic carbocycles. The number of hydrogen-bond acceptors (Lipinski definition) is 3. The molecule has 1 N–H and O–H groups in total. The van der Waals surface area contributed by atoms with Crippen molar-refractivity contribution in [1.82, 2.24) is 5.32 Å². The first kappa shape index (κ1) is 14.9. The Balaban J connectivity index is 4.03. The van der Waals surface area contributed by atoms with E-state index in [1.54, 1.807) is 6.92 Å². The first-order chi connectivity index (χ1) is 6.75. The van der Waals surface area contributed by atoms with E-state index in [1.807, 2.05) is 13.8 Å². The molecule has 92 valence electrons. The van der Waals surface area contributed by atoms with Crippen LogP contribution in [0.25, 0.3) is 0 Å². The van der Waals surface area contributed by atoms with Crippen molar-refractivity contribution in [3.05, 3.63) is 0 Å². The van der Waals surface area contributed by atoms with Crippen LogP contribution in [0.5, 0.6) is 0 Å². The Kier molecular flexibility index (Phi) is 6.44. The van der Waals surface area contributed by atoms with Crippen LogP contribution in [0.3, 0.4) is 0 Å². The van der Waals surface area contributed by atoms with Gasteiger partial charge in [0.25, 0.3) is 0 Å². The third-order valence-electron chi connectivity index (χ3n) is 2.16. The van der Waals surface area contributed by atoms with E-state index in [1.165, 1.54) is 0 Å². The predicted molar refractivity (Wildman–Crippen MR) is 65.8 cm³/mol. The zero-order valence-electron chi connectivity index (χ0n) is 10.6. The highest BCUT2D eigenvalue weighted by Gasteiger charge is 2.21. The van der Waals surface area contributed by atoms with Gasteiger partial charge in [-0.25, -0.2) is 8.42 Å². The quantitative estimate of drug-likeness (QED) is 0.730. The Labute approximate surface area is 94.6 Å². The van der Waals surface area contributed by atoms with Crippen molar-refractivity contribution in [3.8, 4) is 0 Å². The first-order valence-corrected chi connectivity index (χ1v) is 7.39. The number of sulfone groups is 1. The van der Waals surface area contributed by atoms with Gasteiger partial charge < -0.3 is 5.32 Å². The molecule has 4 heteroatoms. The van der Waals surface area contributed by atoms with Gasteiger partial charge >= 0.3 is 0 Å². The lowest BCUT2D eigenvalue weighted by atomic mass is 10.2. The second-order valence-corrected chi connectivity index (χ2v) is 7.55. The summed E-state index contributed by atoms with van der Waals surface area (Å²) in [6.45, 7) is 11.3. The lowest BCUT2D eigenvalue weighted by molar-refractivity contribution is 0.531. The molecule has 0 saturated carbocycles. The van der Waals surface area contributed by atoms with E-state index < -0.39 is 9.84 Å². The molecule has 0 aromatic carbocycles. The monoisotopic (exact) mass is 235 g/mol. The summed E-state index contributed by atoms with van der Waals surface area (Å²) in [4.78, 5) is 0. The largest absolute Gasteiger partial charge is 0.315 e. The fraction of sp³-hybridized carbons (Fsp3) is 1.00. The number of nitrogens with one attached hydrogen (secondary N) is 1. The van der Waals surface area contributed by atoms with Crippen LogP contribution < -0.4 is 5.32 Å². The molecule has 3 nitrogen and oxygen atoms in total. The maximum Gasteiger partial charge on any atom is 0.154 e. The fourth-order valence-corrected chi connectivity index (χ4v) is 2.96. The molecule has 0 aromatic rings. The molecule has 0 spiro atoms. The van der Waals surface area contributed by atoms with Crippen LogP contribution in [0.2, 0.25) is 0 Å². The van der Waals surface area contributed by atoms with E-state index in [0.717, 1.165) is 6.54 Å². The van der Waals surface area contributed by atoms with Crippen LogP contribution in [0.4, 0.5) is 0 Å². The molecule has 0 bridgehead atoms. The molecule has 0 aliphatic heterocycles. The normalized spacial score (nSPS) is 14.9. The van der Waals surface area contributed by atoms with Gasteiger partial charge in [0.1, 0.15) is 0 Å². The summed E-state index contributed by atoms with van der Waals surface area (Å²) in [6, 6.07) is 0. The third kappa shape index (κ3) is 6.90. The molecule has 1 atom stereocenters. The third-order valence-corrected chi connectivity index (χ3v) is 4.69. The minimum atomic E-state index is -2.92. The smallest absolute Gasteiger partial charge is 0.154 e. The van der Waals surface area contributed by atoms with E-state index in [-0.39, 0.29) is 16.9 Å². The van der Waals surface area contributed by atoms with Gasteiger partial charge in [-0.2, -0.15) is 0 Å². The summed E-state index contributed by atoms with van der Waals surface area (Å²) in [5.74, 6) is 1.06. The van der Waals surface area contributed by atoms with Crippen molar-refractivity contribution in [1.29, 1.82) is 0 Å². The van der Waals surface area contributed by atoms with Crippen LogP contribution in [-0.4, -0.2) is 32.5 Å². The molecule has 1 unspecified atom stereocenters. The van der Waals surface area contributed by atoms with Gasteiger partial charge in [0.2, 0.25) is 0 Å². The van der Waals surface area contributed by atoms with Crippen LogP contribution in [0.1, 0.15) is 34.6 Å². The van der Waals surface area contributed by atoms with E-state index in [0.29, 0.717) is 12.5 Å². The van der Waals surface area contributed by atoms with Gasteiger partial charge in [-0.3, -0.25) is 0 Å². The van der Waals surface area contributed by atoms with Crippen LogP contribution in [0, 0.1) is 11.8 Å². The second-order valence-electron chi connectivity index (χ2n) is 5.09. The Morgan fingerprint density at radius 1 is 0.933 bits per heavy atom. The molecular formula is C11H25NO2S. The van der Waals surface area contributed by atoms with Gasteiger partial charge in [0.15, 0.2) is 9.84 Å². The van der Waals surface area contributed by atoms with E-state index in [4.69, 9.17) is 0 Å². The standard InChI is InChI=1S/C11H25NO2S/c1-9(2)6-12-7-11(5)15(13,14)8-10(3)4/h9-12H,6-8H2,1-5H3. The molecule has 0 radical (unpaired) electrons. The lowest BCUT2D eigenvalue weighted by Gasteiger charge is -2.16. The Morgan fingerprint density at radius 3 is 1.87 bits per heavy atom. The molecule has 15 heavy (non-hydrogen) atoms. The predicted octanol–water partition coefficient (Wildman–Crippen LogP) is 1.69. The maximum atomic E-state index is 11.8. The summed E-state index contributed by atoms with van der Waals surface area (Å²) in [5, 5.41) is 2.91. The Bertz CT molecular complexity index is 258. The molecule has 0 fully saturated rings. The van der Waals surface area contributed by atoms with Gasteiger partial charge in [-0.15, -0.1) is 0 Å². The average molecular weight is 235 g/mol. The van der Waals surface area contributed by atoms with Crippen molar-refractivity contribution in [3.63, 3.8) is 0 Å². The van der Waals surface area contributed by atoms with Crippen LogP contribution >= 0.6 is 0 Å². The second kappa shape index (κ2) is 6.48. The van der Waals surface area contributed by atoms with Gasteiger partial charge in [-0.05, 0) is 25.3 Å². The minimum absolute atomic E-state index is 0.211. The topological polar surface area (TPSA) is 46.2 Å². The van der Waals surface area contributed by atoms with Gasteiger partial charge in [0, 0.05) is 6.54 Å². The van der Waals surface area contributed by atoms with Gasteiger partial charge in [0.05, 0.1) is 11.0 Å². The fourth-order valence-electron chi connectivity index (χ4n) is 1.33. The van der Waals surface area contributed by atoms with E-state index in [9.17, 15) is 8.42 Å². The summed E-state index contributed by atoms with van der Waals surface area (Å²) < 4.78 is 23.6. The van der Waals surface area contributed by atoms with E-state index >= 15 is 0 Å². The highest BCUT2D eigenvalue weighted by atomic mass is 32.2. The van der Waals surface area contributed by atoms with Crippen LogP contribution in [-0.2, 0) is 9.84 Å².